The van der Waals surface area contributed by atoms with Gasteiger partial charge in [0.2, 0.25) is 0 Å². The SMILES string of the molecule is C[Si](C)(C)C/C=C\CCC1CCCCC1=O. The first-order valence-electron chi connectivity index (χ1n) is 6.67. The minimum absolute atomic E-state index is 0.380. The maximum atomic E-state index is 11.6. The molecule has 0 saturated heterocycles. The van der Waals surface area contributed by atoms with Crippen LogP contribution in [0.5, 0.6) is 0 Å². The fourth-order valence-electron chi connectivity index (χ4n) is 2.21. The highest BCUT2D eigenvalue weighted by molar-refractivity contribution is 6.76. The van der Waals surface area contributed by atoms with E-state index in [0.29, 0.717) is 11.7 Å². The van der Waals surface area contributed by atoms with Crippen LogP contribution in [0.15, 0.2) is 12.2 Å². The molecule has 92 valence electrons. The maximum Gasteiger partial charge on any atom is 0.135 e. The first-order chi connectivity index (χ1) is 7.49. The lowest BCUT2D eigenvalue weighted by molar-refractivity contribution is -0.124. The number of Topliss-reactive ketones (excluding diaryl/α,β-unsaturated/α-hetero) is 1. The van der Waals surface area contributed by atoms with Crippen LogP contribution < -0.4 is 0 Å². The van der Waals surface area contributed by atoms with E-state index in [1.54, 1.807) is 0 Å². The zero-order chi connectivity index (χ0) is 12.0. The van der Waals surface area contributed by atoms with Gasteiger partial charge in [0.15, 0.2) is 0 Å². The summed E-state index contributed by atoms with van der Waals surface area (Å²) in [5.41, 5.74) is 0. The Morgan fingerprint density at radius 2 is 2.00 bits per heavy atom. The van der Waals surface area contributed by atoms with Gasteiger partial charge in [-0.1, -0.05) is 38.2 Å². The quantitative estimate of drug-likeness (QED) is 0.512. The Labute approximate surface area is 101 Å². The van der Waals surface area contributed by atoms with Gasteiger partial charge >= 0.3 is 0 Å². The molecule has 0 spiro atoms. The lowest BCUT2D eigenvalue weighted by atomic mass is 9.85. The fraction of sp³-hybridized carbons (Fsp3) is 0.786. The van der Waals surface area contributed by atoms with Gasteiger partial charge in [-0.3, -0.25) is 4.79 Å². The predicted molar refractivity (Wildman–Crippen MR) is 73.5 cm³/mol. The number of ketones is 1. The Hall–Kier alpha value is -0.373. The van der Waals surface area contributed by atoms with Crippen molar-refractivity contribution in [1.82, 2.24) is 0 Å². The molecule has 16 heavy (non-hydrogen) atoms. The third kappa shape index (κ3) is 5.64. The van der Waals surface area contributed by atoms with Crippen LogP contribution in [0.3, 0.4) is 0 Å². The standard InChI is InChI=1S/C14H26OSi/c1-16(2,3)12-8-4-5-9-13-10-6-7-11-14(13)15/h4,8,13H,5-7,9-12H2,1-3H3/b8-4-. The van der Waals surface area contributed by atoms with Gasteiger partial charge in [-0.2, -0.15) is 0 Å². The summed E-state index contributed by atoms with van der Waals surface area (Å²) in [7, 11) is -0.914. The first kappa shape index (κ1) is 13.7. The molecule has 2 heteroatoms. The van der Waals surface area contributed by atoms with Gasteiger partial charge in [-0.05, 0) is 31.7 Å². The molecule has 0 bridgehead atoms. The lowest BCUT2D eigenvalue weighted by Crippen LogP contribution is -2.18. The number of hydrogen-bond acceptors (Lipinski definition) is 1. The minimum Gasteiger partial charge on any atom is -0.299 e. The van der Waals surface area contributed by atoms with Crippen molar-refractivity contribution in [2.24, 2.45) is 5.92 Å². The van der Waals surface area contributed by atoms with Gasteiger partial charge in [-0.25, -0.2) is 0 Å². The summed E-state index contributed by atoms with van der Waals surface area (Å²) in [5, 5.41) is 0. The average molecular weight is 238 g/mol. The van der Waals surface area contributed by atoms with Crippen LogP contribution in [0.1, 0.15) is 38.5 Å². The highest BCUT2D eigenvalue weighted by Gasteiger charge is 2.20. The second kappa shape index (κ2) is 6.38. The van der Waals surface area contributed by atoms with E-state index in [4.69, 9.17) is 0 Å². The van der Waals surface area contributed by atoms with Gasteiger partial charge in [0.1, 0.15) is 5.78 Å². The molecule has 0 aromatic carbocycles. The van der Waals surface area contributed by atoms with Gasteiger partial charge in [0, 0.05) is 20.4 Å². The number of allylic oxidation sites excluding steroid dienone is 2. The van der Waals surface area contributed by atoms with E-state index in [1.165, 1.54) is 12.5 Å². The predicted octanol–water partition coefficient (Wildman–Crippen LogP) is 4.42. The Morgan fingerprint density at radius 3 is 2.62 bits per heavy atom. The topological polar surface area (TPSA) is 17.1 Å². The van der Waals surface area contributed by atoms with Crippen molar-refractivity contribution in [3.05, 3.63) is 12.2 Å². The summed E-state index contributed by atoms with van der Waals surface area (Å²) < 4.78 is 0. The summed E-state index contributed by atoms with van der Waals surface area (Å²) in [6, 6.07) is 1.27. The molecule has 0 amide bonds. The van der Waals surface area contributed by atoms with Crippen molar-refractivity contribution in [2.45, 2.75) is 64.2 Å². The highest BCUT2D eigenvalue weighted by atomic mass is 28.3. The molecule has 1 atom stereocenters. The third-order valence-corrected chi connectivity index (χ3v) is 4.72. The molecule has 0 N–H and O–H groups in total. The minimum atomic E-state index is -0.914. The molecule has 1 saturated carbocycles. The Kier molecular flexibility index (Phi) is 5.46. The molecular formula is C14H26OSi. The largest absolute Gasteiger partial charge is 0.299 e. The van der Waals surface area contributed by atoms with E-state index in [0.717, 1.165) is 32.1 Å². The molecule has 0 aliphatic heterocycles. The zero-order valence-electron chi connectivity index (χ0n) is 11.1. The second-order valence-corrected chi connectivity index (χ2v) is 11.8. The molecule has 1 fully saturated rings. The average Bonchev–Trinajstić information content (AvgIpc) is 2.18. The molecule has 0 heterocycles. The summed E-state index contributed by atoms with van der Waals surface area (Å²) in [5.74, 6) is 0.898. The van der Waals surface area contributed by atoms with Crippen LogP contribution in [-0.4, -0.2) is 13.9 Å². The summed E-state index contributed by atoms with van der Waals surface area (Å²) >= 11 is 0. The number of hydrogen-bond donors (Lipinski definition) is 0. The van der Waals surface area contributed by atoms with E-state index < -0.39 is 8.07 Å². The van der Waals surface area contributed by atoms with E-state index in [-0.39, 0.29) is 0 Å². The van der Waals surface area contributed by atoms with Gasteiger partial charge in [0.05, 0.1) is 0 Å². The van der Waals surface area contributed by atoms with Crippen LogP contribution >= 0.6 is 0 Å². The van der Waals surface area contributed by atoms with Gasteiger partial charge in [0.25, 0.3) is 0 Å². The maximum absolute atomic E-state index is 11.6. The number of carbonyl (C=O) groups excluding carboxylic acids is 1. The van der Waals surface area contributed by atoms with Crippen LogP contribution in [0.4, 0.5) is 0 Å². The second-order valence-electron chi connectivity index (χ2n) is 6.22. The van der Waals surface area contributed by atoms with Crippen molar-refractivity contribution in [1.29, 1.82) is 0 Å². The smallest absolute Gasteiger partial charge is 0.135 e. The molecule has 1 aliphatic rings. The van der Waals surface area contributed by atoms with Crippen molar-refractivity contribution >= 4 is 13.9 Å². The highest BCUT2D eigenvalue weighted by Crippen LogP contribution is 2.24. The van der Waals surface area contributed by atoms with Gasteiger partial charge in [-0.15, -0.1) is 0 Å². The van der Waals surface area contributed by atoms with Crippen LogP contribution in [0, 0.1) is 5.92 Å². The van der Waals surface area contributed by atoms with Crippen molar-refractivity contribution in [3.8, 4) is 0 Å². The lowest BCUT2D eigenvalue weighted by Gasteiger charge is -2.19. The first-order valence-corrected chi connectivity index (χ1v) is 10.4. The summed E-state index contributed by atoms with van der Waals surface area (Å²) in [4.78, 5) is 11.6. The number of carbonyl (C=O) groups is 1. The summed E-state index contributed by atoms with van der Waals surface area (Å²) in [6.45, 7) is 7.17. The van der Waals surface area contributed by atoms with Crippen molar-refractivity contribution in [2.75, 3.05) is 0 Å². The van der Waals surface area contributed by atoms with E-state index in [9.17, 15) is 4.79 Å². The molecule has 1 rings (SSSR count). The Morgan fingerprint density at radius 1 is 1.25 bits per heavy atom. The molecule has 1 unspecified atom stereocenters. The molecule has 1 aliphatic carbocycles. The van der Waals surface area contributed by atoms with E-state index >= 15 is 0 Å². The molecule has 0 aromatic rings. The Balaban J connectivity index is 2.17. The molecule has 1 nitrogen and oxygen atoms in total. The van der Waals surface area contributed by atoms with E-state index in [1.807, 2.05) is 0 Å². The zero-order valence-corrected chi connectivity index (χ0v) is 12.1. The van der Waals surface area contributed by atoms with Crippen LogP contribution in [-0.2, 0) is 4.79 Å². The molecule has 0 radical (unpaired) electrons. The normalized spacial score (nSPS) is 22.9. The van der Waals surface area contributed by atoms with Crippen LogP contribution in [0.25, 0.3) is 0 Å². The monoisotopic (exact) mass is 238 g/mol. The molecular weight excluding hydrogens is 212 g/mol. The Bertz CT molecular complexity index is 250. The third-order valence-electron chi connectivity index (χ3n) is 3.26. The van der Waals surface area contributed by atoms with E-state index in [2.05, 4.69) is 31.8 Å². The summed E-state index contributed by atoms with van der Waals surface area (Å²) in [6.07, 6.45) is 11.2. The van der Waals surface area contributed by atoms with Crippen LogP contribution in [0.2, 0.25) is 25.7 Å². The number of rotatable bonds is 5. The fourth-order valence-corrected chi connectivity index (χ4v) is 3.09. The van der Waals surface area contributed by atoms with Crippen molar-refractivity contribution < 1.29 is 4.79 Å². The molecule has 0 aromatic heterocycles. The van der Waals surface area contributed by atoms with Gasteiger partial charge < -0.3 is 0 Å². The van der Waals surface area contributed by atoms with Crippen molar-refractivity contribution in [3.63, 3.8) is 0 Å².